The van der Waals surface area contributed by atoms with E-state index in [0.29, 0.717) is 10.9 Å². The van der Waals surface area contributed by atoms with Gasteiger partial charge in [-0.25, -0.2) is 4.98 Å². The van der Waals surface area contributed by atoms with E-state index in [4.69, 9.17) is 4.74 Å². The number of carbonyl (C=O) groups is 1. The lowest BCUT2D eigenvalue weighted by Gasteiger charge is -2.19. The maximum atomic E-state index is 13.0. The van der Waals surface area contributed by atoms with Gasteiger partial charge in [0, 0.05) is 31.4 Å². The van der Waals surface area contributed by atoms with Gasteiger partial charge in [0.1, 0.15) is 4.83 Å². The third kappa shape index (κ3) is 5.00. The Hall–Kier alpha value is -3.01. The van der Waals surface area contributed by atoms with Gasteiger partial charge < -0.3 is 14.4 Å². The Bertz CT molecular complexity index is 1220. The van der Waals surface area contributed by atoms with Gasteiger partial charge in [0.15, 0.2) is 11.5 Å². The molecule has 1 amide bonds. The van der Waals surface area contributed by atoms with Gasteiger partial charge >= 0.3 is 6.61 Å². The Labute approximate surface area is 193 Å². The number of alkyl halides is 2. The minimum atomic E-state index is -2.95. The molecule has 33 heavy (non-hydrogen) atoms. The molecule has 0 saturated carbocycles. The zero-order valence-corrected chi connectivity index (χ0v) is 19.3. The summed E-state index contributed by atoms with van der Waals surface area (Å²) < 4.78 is 36.0. The van der Waals surface area contributed by atoms with E-state index in [9.17, 15) is 18.4 Å². The van der Waals surface area contributed by atoms with E-state index in [2.05, 4.69) is 9.72 Å². The topological polar surface area (TPSA) is 73.7 Å². The van der Waals surface area contributed by atoms with Crippen LogP contribution < -0.4 is 15.0 Å². The minimum Gasteiger partial charge on any atom is -0.493 e. The summed E-state index contributed by atoms with van der Waals surface area (Å²) in [4.78, 5) is 33.7. The zero-order valence-electron chi connectivity index (χ0n) is 18.5. The van der Waals surface area contributed by atoms with Crippen molar-refractivity contribution in [1.82, 2.24) is 14.5 Å². The second-order valence-electron chi connectivity index (χ2n) is 8.00. The molecule has 10 heteroatoms. The van der Waals surface area contributed by atoms with Gasteiger partial charge in [-0.15, -0.1) is 11.3 Å². The van der Waals surface area contributed by atoms with Crippen LogP contribution in [0.1, 0.15) is 35.3 Å². The summed E-state index contributed by atoms with van der Waals surface area (Å²) in [7, 11) is 3.01. The maximum Gasteiger partial charge on any atom is 0.387 e. The van der Waals surface area contributed by atoms with E-state index >= 15 is 0 Å². The largest absolute Gasteiger partial charge is 0.493 e. The van der Waals surface area contributed by atoms with Crippen LogP contribution in [0.5, 0.6) is 11.5 Å². The van der Waals surface area contributed by atoms with Crippen molar-refractivity contribution in [3.05, 3.63) is 50.9 Å². The molecule has 2 heterocycles. The Morgan fingerprint density at radius 2 is 2.06 bits per heavy atom. The van der Waals surface area contributed by atoms with Crippen LogP contribution in [0.25, 0.3) is 10.2 Å². The fourth-order valence-electron chi connectivity index (χ4n) is 4.11. The molecule has 7 nitrogen and oxygen atoms in total. The van der Waals surface area contributed by atoms with E-state index in [1.54, 1.807) is 30.5 Å². The minimum absolute atomic E-state index is 0.0666. The van der Waals surface area contributed by atoms with Crippen molar-refractivity contribution in [1.29, 1.82) is 0 Å². The van der Waals surface area contributed by atoms with Crippen LogP contribution in [0.15, 0.2) is 29.3 Å². The number of fused-ring (bicyclic) bond motifs is 3. The second kappa shape index (κ2) is 9.86. The van der Waals surface area contributed by atoms with Gasteiger partial charge in [-0.3, -0.25) is 14.2 Å². The predicted molar refractivity (Wildman–Crippen MR) is 121 cm³/mol. The Morgan fingerprint density at radius 1 is 1.27 bits per heavy atom. The molecule has 4 rings (SSSR count). The molecular formula is C23H25F2N3O4S. The fraction of sp³-hybridized carbons (Fsp3) is 0.435. The molecule has 1 aromatic carbocycles. The highest BCUT2D eigenvalue weighted by molar-refractivity contribution is 7.18. The average molecular weight is 478 g/mol. The van der Waals surface area contributed by atoms with Crippen LogP contribution in [0.4, 0.5) is 8.78 Å². The molecule has 1 aliphatic carbocycles. The lowest BCUT2D eigenvalue weighted by molar-refractivity contribution is -0.130. The van der Waals surface area contributed by atoms with Gasteiger partial charge in [-0.2, -0.15) is 8.78 Å². The van der Waals surface area contributed by atoms with E-state index in [0.717, 1.165) is 36.1 Å². The molecule has 0 fully saturated rings. The summed E-state index contributed by atoms with van der Waals surface area (Å²) in [5.74, 6) is -0.0528. The molecule has 176 valence electrons. The Morgan fingerprint density at radius 3 is 2.82 bits per heavy atom. The molecule has 1 aliphatic rings. The number of aromatic nitrogens is 2. The summed E-state index contributed by atoms with van der Waals surface area (Å²) in [6, 6.07) is 4.55. The third-order valence-corrected chi connectivity index (χ3v) is 7.00. The SMILES string of the molecule is COc1cc(CN(C)C(=O)CCn2cnc3sc4c(c3c2=O)CCCC4)ccc1OC(F)F. The third-order valence-electron chi connectivity index (χ3n) is 5.80. The first-order valence-corrected chi connectivity index (χ1v) is 11.5. The molecular weight excluding hydrogens is 452 g/mol. The number of hydrogen-bond donors (Lipinski definition) is 0. The molecule has 0 aliphatic heterocycles. The molecule has 3 aromatic rings. The number of amides is 1. The number of rotatable bonds is 8. The number of ether oxygens (including phenoxy) is 2. The molecule has 0 bridgehead atoms. The average Bonchev–Trinajstić information content (AvgIpc) is 3.18. The fourth-order valence-corrected chi connectivity index (χ4v) is 5.33. The van der Waals surface area contributed by atoms with Crippen molar-refractivity contribution in [2.24, 2.45) is 0 Å². The van der Waals surface area contributed by atoms with Crippen LogP contribution in [0.2, 0.25) is 0 Å². The summed E-state index contributed by atoms with van der Waals surface area (Å²) in [6.45, 7) is -2.46. The van der Waals surface area contributed by atoms with E-state index in [-0.39, 0.29) is 42.5 Å². The summed E-state index contributed by atoms with van der Waals surface area (Å²) in [6.07, 6.45) is 5.78. The summed E-state index contributed by atoms with van der Waals surface area (Å²) in [5, 5.41) is 0.705. The number of methoxy groups -OCH3 is 1. The number of benzene rings is 1. The standard InChI is InChI=1S/C23H25F2N3O4S/c1-27(12-14-7-8-16(32-23(24)25)17(11-14)31-2)19(29)9-10-28-13-26-21-20(22(28)30)15-5-3-4-6-18(15)33-21/h7-8,11,13,23H,3-6,9-10,12H2,1-2H3. The highest BCUT2D eigenvalue weighted by atomic mass is 32.1. The zero-order chi connectivity index (χ0) is 23.5. The highest BCUT2D eigenvalue weighted by Gasteiger charge is 2.20. The molecule has 0 N–H and O–H groups in total. The van der Waals surface area contributed by atoms with Crippen LogP contribution in [0.3, 0.4) is 0 Å². The van der Waals surface area contributed by atoms with Crippen molar-refractivity contribution in [2.45, 2.75) is 51.8 Å². The van der Waals surface area contributed by atoms with E-state index in [1.165, 1.54) is 33.8 Å². The van der Waals surface area contributed by atoms with Gasteiger partial charge in [-0.1, -0.05) is 6.07 Å². The summed E-state index contributed by atoms with van der Waals surface area (Å²) in [5.41, 5.74) is 1.74. The number of halogens is 2. The second-order valence-corrected chi connectivity index (χ2v) is 9.08. The van der Waals surface area contributed by atoms with E-state index < -0.39 is 6.61 Å². The first kappa shape index (κ1) is 23.2. The van der Waals surface area contributed by atoms with Gasteiger partial charge in [0.2, 0.25) is 5.91 Å². The molecule has 0 saturated heterocycles. The van der Waals surface area contributed by atoms with Crippen LogP contribution >= 0.6 is 11.3 Å². The number of carbonyl (C=O) groups excluding carboxylic acids is 1. The molecule has 0 radical (unpaired) electrons. The van der Waals surface area contributed by atoms with Crippen LogP contribution in [-0.4, -0.2) is 41.1 Å². The Balaban J connectivity index is 1.42. The smallest absolute Gasteiger partial charge is 0.387 e. The van der Waals surface area contributed by atoms with Crippen molar-refractivity contribution in [2.75, 3.05) is 14.2 Å². The quantitative estimate of drug-likeness (QED) is 0.491. The number of thiophene rings is 1. The monoisotopic (exact) mass is 477 g/mol. The molecule has 0 unspecified atom stereocenters. The number of hydrogen-bond acceptors (Lipinski definition) is 6. The van der Waals surface area contributed by atoms with Gasteiger partial charge in [-0.05, 0) is 48.9 Å². The predicted octanol–water partition coefficient (Wildman–Crippen LogP) is 4.00. The van der Waals surface area contributed by atoms with Crippen molar-refractivity contribution >= 4 is 27.5 Å². The highest BCUT2D eigenvalue weighted by Crippen LogP contribution is 2.33. The first-order valence-electron chi connectivity index (χ1n) is 10.7. The van der Waals surface area contributed by atoms with E-state index in [1.807, 2.05) is 0 Å². The number of nitrogens with zero attached hydrogens (tertiary/aromatic N) is 3. The van der Waals surface area contributed by atoms with Crippen LogP contribution in [0, 0.1) is 0 Å². The van der Waals surface area contributed by atoms with Crippen molar-refractivity contribution < 1.29 is 23.0 Å². The molecule has 0 atom stereocenters. The van der Waals surface area contributed by atoms with Gasteiger partial charge in [0.05, 0.1) is 18.8 Å². The van der Waals surface area contributed by atoms with Crippen LogP contribution in [-0.2, 0) is 30.7 Å². The maximum absolute atomic E-state index is 13.0. The molecule has 2 aromatic heterocycles. The van der Waals surface area contributed by atoms with Crippen molar-refractivity contribution in [3.63, 3.8) is 0 Å². The van der Waals surface area contributed by atoms with Gasteiger partial charge in [0.25, 0.3) is 5.56 Å². The summed E-state index contributed by atoms with van der Waals surface area (Å²) >= 11 is 1.60. The Kier molecular flexibility index (Phi) is 6.92. The molecule has 0 spiro atoms. The number of aryl methyl sites for hydroxylation is 3. The lowest BCUT2D eigenvalue weighted by Crippen LogP contribution is -2.29. The first-order chi connectivity index (χ1) is 15.9. The lowest BCUT2D eigenvalue weighted by atomic mass is 9.97. The van der Waals surface area contributed by atoms with Crippen molar-refractivity contribution in [3.8, 4) is 11.5 Å². The normalized spacial score (nSPS) is 13.2.